The molecule has 4 nitrogen and oxygen atoms in total. The van der Waals surface area contributed by atoms with E-state index in [0.717, 1.165) is 5.75 Å². The maximum Gasteiger partial charge on any atom is 0.314 e. The van der Waals surface area contributed by atoms with Gasteiger partial charge in [-0.15, -0.1) is 0 Å². The Morgan fingerprint density at radius 2 is 1.75 bits per heavy atom. The molecule has 1 aliphatic heterocycles. The molecule has 124 valence electrons. The summed E-state index contributed by atoms with van der Waals surface area (Å²) in [6.45, 7) is 2.02. The van der Waals surface area contributed by atoms with Gasteiger partial charge in [0.15, 0.2) is 0 Å². The lowest BCUT2D eigenvalue weighted by atomic mass is 10.0. The first-order valence-electron chi connectivity index (χ1n) is 8.58. The quantitative estimate of drug-likeness (QED) is 0.939. The summed E-state index contributed by atoms with van der Waals surface area (Å²) in [7, 11) is 0. The highest BCUT2D eigenvalue weighted by Crippen LogP contribution is 2.29. The molecule has 2 aromatic carbocycles. The molecular weight excluding hydrogens is 300 g/mol. The number of nitrogens with zero attached hydrogens (tertiary/aromatic N) is 1. The number of amides is 2. The Hall–Kier alpha value is -2.49. The second-order valence-electron chi connectivity index (χ2n) is 6.78. The molecule has 0 bridgehead atoms. The summed E-state index contributed by atoms with van der Waals surface area (Å²) in [6.07, 6.45) is 3.70. The van der Waals surface area contributed by atoms with Crippen LogP contribution in [0.1, 0.15) is 17.5 Å². The van der Waals surface area contributed by atoms with E-state index in [2.05, 4.69) is 30.3 Å². The number of rotatable bonds is 4. The van der Waals surface area contributed by atoms with E-state index in [1.54, 1.807) is 4.90 Å². The van der Waals surface area contributed by atoms with E-state index >= 15 is 0 Å². The molecule has 2 amide bonds. The molecule has 0 spiro atoms. The number of urea groups is 1. The van der Waals surface area contributed by atoms with Crippen LogP contribution in [0.15, 0.2) is 42.5 Å². The van der Waals surface area contributed by atoms with Gasteiger partial charge >= 0.3 is 6.03 Å². The smallest absolute Gasteiger partial charge is 0.314 e. The number of ether oxygens (including phenoxy) is 1. The van der Waals surface area contributed by atoms with Crippen molar-refractivity contribution in [1.29, 1.82) is 0 Å². The van der Waals surface area contributed by atoms with Crippen LogP contribution in [0.4, 0.5) is 4.79 Å². The van der Waals surface area contributed by atoms with E-state index in [-0.39, 0.29) is 6.03 Å². The number of likely N-dealkylation sites (tertiary alicyclic amines) is 1. The van der Waals surface area contributed by atoms with Crippen LogP contribution in [0.2, 0.25) is 0 Å². The van der Waals surface area contributed by atoms with E-state index in [9.17, 15) is 4.79 Å². The first-order valence-corrected chi connectivity index (χ1v) is 8.58. The third-order valence-electron chi connectivity index (χ3n) is 5.04. The zero-order valence-corrected chi connectivity index (χ0v) is 13.7. The monoisotopic (exact) mass is 322 g/mol. The van der Waals surface area contributed by atoms with Gasteiger partial charge in [-0.1, -0.05) is 30.3 Å². The fourth-order valence-electron chi connectivity index (χ4n) is 3.56. The van der Waals surface area contributed by atoms with Crippen LogP contribution in [0.5, 0.6) is 5.75 Å². The summed E-state index contributed by atoms with van der Waals surface area (Å²) in [5.74, 6) is 1.26. The predicted molar refractivity (Wildman–Crippen MR) is 94.0 cm³/mol. The maximum atomic E-state index is 11.0. The first-order chi connectivity index (χ1) is 11.7. The van der Waals surface area contributed by atoms with Crippen molar-refractivity contribution in [3.05, 3.63) is 53.6 Å². The lowest BCUT2D eigenvalue weighted by molar-refractivity contribution is 0.0903. The van der Waals surface area contributed by atoms with Gasteiger partial charge in [0.1, 0.15) is 5.75 Å². The van der Waals surface area contributed by atoms with E-state index in [1.165, 1.54) is 41.5 Å². The van der Waals surface area contributed by atoms with E-state index < -0.39 is 0 Å². The third-order valence-corrected chi connectivity index (χ3v) is 5.04. The van der Waals surface area contributed by atoms with Gasteiger partial charge in [-0.2, -0.15) is 0 Å². The largest absolute Gasteiger partial charge is 0.493 e. The summed E-state index contributed by atoms with van der Waals surface area (Å²) in [6, 6.07) is 14.7. The van der Waals surface area contributed by atoms with Gasteiger partial charge in [0.2, 0.25) is 0 Å². The normalized spacial score (nSPS) is 16.6. The molecule has 1 aliphatic carbocycles. The zero-order chi connectivity index (χ0) is 16.5. The number of hydrogen-bond donors (Lipinski definition) is 1. The number of hydrogen-bond acceptors (Lipinski definition) is 2. The Labute approximate surface area is 142 Å². The second-order valence-corrected chi connectivity index (χ2v) is 6.78. The molecule has 24 heavy (non-hydrogen) atoms. The van der Waals surface area contributed by atoms with Crippen LogP contribution in [0.25, 0.3) is 11.1 Å². The minimum absolute atomic E-state index is 0.343. The van der Waals surface area contributed by atoms with Crippen molar-refractivity contribution in [3.8, 4) is 16.9 Å². The fraction of sp³-hybridized carbons (Fsp3) is 0.350. The lowest BCUT2D eigenvalue weighted by Crippen LogP contribution is -2.54. The van der Waals surface area contributed by atoms with Gasteiger partial charge in [0, 0.05) is 19.0 Å². The Morgan fingerprint density at radius 1 is 1.04 bits per heavy atom. The van der Waals surface area contributed by atoms with Crippen molar-refractivity contribution in [2.45, 2.75) is 19.3 Å². The molecule has 0 radical (unpaired) electrons. The number of nitrogens with two attached hydrogens (primary N) is 1. The SMILES string of the molecule is NC(=O)N1CC(COc2ccc(-c3ccc4c(c3)CCC4)cc2)C1. The zero-order valence-electron chi connectivity index (χ0n) is 13.7. The molecule has 0 saturated carbocycles. The van der Waals surface area contributed by atoms with Crippen LogP contribution in [-0.4, -0.2) is 30.6 Å². The average molecular weight is 322 g/mol. The topological polar surface area (TPSA) is 55.6 Å². The van der Waals surface area contributed by atoms with E-state index in [0.29, 0.717) is 25.6 Å². The highest BCUT2D eigenvalue weighted by atomic mass is 16.5. The van der Waals surface area contributed by atoms with Crippen LogP contribution in [-0.2, 0) is 12.8 Å². The first kappa shape index (κ1) is 15.1. The van der Waals surface area contributed by atoms with Crippen LogP contribution in [0.3, 0.4) is 0 Å². The van der Waals surface area contributed by atoms with Gasteiger partial charge in [-0.3, -0.25) is 0 Å². The molecule has 4 rings (SSSR count). The molecular formula is C20H22N2O2. The summed E-state index contributed by atoms with van der Waals surface area (Å²) in [5.41, 5.74) is 10.7. The summed E-state index contributed by atoms with van der Waals surface area (Å²) in [4.78, 5) is 12.6. The minimum atomic E-state index is -0.343. The van der Waals surface area contributed by atoms with Crippen molar-refractivity contribution in [3.63, 3.8) is 0 Å². The molecule has 4 heteroatoms. The maximum absolute atomic E-state index is 11.0. The Balaban J connectivity index is 1.36. The summed E-state index contributed by atoms with van der Waals surface area (Å²) in [5, 5.41) is 0. The summed E-state index contributed by atoms with van der Waals surface area (Å²) >= 11 is 0. The minimum Gasteiger partial charge on any atom is -0.493 e. The van der Waals surface area contributed by atoms with Crippen molar-refractivity contribution < 1.29 is 9.53 Å². The van der Waals surface area contributed by atoms with Crippen LogP contribution in [0, 0.1) is 5.92 Å². The van der Waals surface area contributed by atoms with Gasteiger partial charge < -0.3 is 15.4 Å². The molecule has 0 aromatic heterocycles. The molecule has 2 aliphatic rings. The van der Waals surface area contributed by atoms with Crippen LogP contribution >= 0.6 is 0 Å². The molecule has 2 N–H and O–H groups in total. The van der Waals surface area contributed by atoms with Gasteiger partial charge in [-0.25, -0.2) is 4.79 Å². The number of carbonyl (C=O) groups excluding carboxylic acids is 1. The van der Waals surface area contributed by atoms with Crippen molar-refractivity contribution in [1.82, 2.24) is 4.90 Å². The highest BCUT2D eigenvalue weighted by molar-refractivity contribution is 5.72. The number of benzene rings is 2. The molecule has 1 fully saturated rings. The second kappa shape index (κ2) is 6.19. The molecule has 0 unspecified atom stereocenters. The molecule has 1 heterocycles. The summed E-state index contributed by atoms with van der Waals surface area (Å²) < 4.78 is 5.82. The van der Waals surface area contributed by atoms with Crippen molar-refractivity contribution in [2.24, 2.45) is 11.7 Å². The Morgan fingerprint density at radius 3 is 2.50 bits per heavy atom. The molecule has 1 saturated heterocycles. The average Bonchev–Trinajstić information content (AvgIpc) is 3.01. The Kier molecular flexibility index (Phi) is 3.89. The molecule has 2 aromatic rings. The Bertz CT molecular complexity index is 749. The number of carbonyl (C=O) groups is 1. The standard InChI is InChI=1S/C20H22N2O2/c21-20(23)22-11-14(12-22)13-24-19-8-6-16(7-9-19)18-5-4-15-2-1-3-17(15)10-18/h4-10,14H,1-3,11-13H2,(H2,21,23). The fourth-order valence-corrected chi connectivity index (χ4v) is 3.56. The van der Waals surface area contributed by atoms with Gasteiger partial charge in [0.25, 0.3) is 0 Å². The van der Waals surface area contributed by atoms with Crippen LogP contribution < -0.4 is 10.5 Å². The predicted octanol–water partition coefficient (Wildman–Crippen LogP) is 3.23. The van der Waals surface area contributed by atoms with E-state index in [4.69, 9.17) is 10.5 Å². The number of fused-ring (bicyclic) bond motifs is 1. The number of primary amides is 1. The third kappa shape index (κ3) is 2.96. The van der Waals surface area contributed by atoms with Gasteiger partial charge in [-0.05, 0) is 53.6 Å². The highest BCUT2D eigenvalue weighted by Gasteiger charge is 2.29. The van der Waals surface area contributed by atoms with Gasteiger partial charge in [0.05, 0.1) is 6.61 Å². The lowest BCUT2D eigenvalue weighted by Gasteiger charge is -2.37. The van der Waals surface area contributed by atoms with E-state index in [1.807, 2.05) is 12.1 Å². The number of aryl methyl sites for hydroxylation is 2. The van der Waals surface area contributed by atoms with Crippen molar-refractivity contribution in [2.75, 3.05) is 19.7 Å². The van der Waals surface area contributed by atoms with Crippen molar-refractivity contribution >= 4 is 6.03 Å². The molecule has 0 atom stereocenters.